The van der Waals surface area contributed by atoms with Crippen molar-refractivity contribution in [3.63, 3.8) is 0 Å². The Balaban J connectivity index is 1.85. The van der Waals surface area contributed by atoms with Crippen molar-refractivity contribution in [2.24, 2.45) is 5.41 Å². The Kier molecular flexibility index (Phi) is 4.29. The van der Waals surface area contributed by atoms with Gasteiger partial charge in [-0.05, 0) is 31.6 Å². The molecule has 1 saturated carbocycles. The first-order valence-electron chi connectivity index (χ1n) is 7.43. The van der Waals surface area contributed by atoms with Gasteiger partial charge >= 0.3 is 0 Å². The highest BCUT2D eigenvalue weighted by Gasteiger charge is 2.41. The van der Waals surface area contributed by atoms with Crippen LogP contribution in [0.25, 0.3) is 0 Å². The average molecular weight is 288 g/mol. The van der Waals surface area contributed by atoms with Crippen LogP contribution in [0, 0.1) is 5.41 Å². The third kappa shape index (κ3) is 3.92. The smallest absolute Gasteiger partial charge is 0.217 e. The lowest BCUT2D eigenvalue weighted by molar-refractivity contribution is 0.116. The summed E-state index contributed by atoms with van der Waals surface area (Å²) in [5.41, 5.74) is 0.330. The Morgan fingerprint density at radius 2 is 1.63 bits per heavy atom. The van der Waals surface area contributed by atoms with E-state index in [-0.39, 0.29) is 5.25 Å². The first-order chi connectivity index (χ1) is 8.70. The van der Waals surface area contributed by atoms with Gasteiger partial charge in [0, 0.05) is 32.2 Å². The van der Waals surface area contributed by atoms with Crippen LogP contribution in [0.5, 0.6) is 0 Å². The van der Waals surface area contributed by atoms with Crippen molar-refractivity contribution in [1.29, 1.82) is 0 Å². The van der Waals surface area contributed by atoms with Crippen LogP contribution in [0.15, 0.2) is 0 Å². The predicted octanol–water partition coefficient (Wildman–Crippen LogP) is 1.92. The van der Waals surface area contributed by atoms with Gasteiger partial charge in [-0.15, -0.1) is 0 Å². The van der Waals surface area contributed by atoms with Gasteiger partial charge in [-0.3, -0.25) is 4.90 Å². The Morgan fingerprint density at radius 1 is 1.11 bits per heavy atom. The van der Waals surface area contributed by atoms with E-state index >= 15 is 0 Å². The van der Waals surface area contributed by atoms with Crippen LogP contribution in [0.4, 0.5) is 0 Å². The van der Waals surface area contributed by atoms with Gasteiger partial charge in [-0.25, -0.2) is 8.42 Å². The molecule has 0 bridgehead atoms. The Morgan fingerprint density at radius 3 is 2.05 bits per heavy atom. The molecule has 0 aromatic rings. The Bertz CT molecular complexity index is 402. The molecule has 0 radical (unpaired) electrons. The zero-order valence-electron chi connectivity index (χ0n) is 12.7. The average Bonchev–Trinajstić information content (AvgIpc) is 3.11. The van der Waals surface area contributed by atoms with Crippen LogP contribution in [0.2, 0.25) is 0 Å². The van der Waals surface area contributed by atoms with Crippen LogP contribution in [0.3, 0.4) is 0 Å². The third-order valence-corrected chi connectivity index (χ3v) is 6.51. The molecule has 4 nitrogen and oxygen atoms in total. The highest BCUT2D eigenvalue weighted by molar-refractivity contribution is 7.90. The first kappa shape index (κ1) is 15.3. The fourth-order valence-corrected chi connectivity index (χ4v) is 4.82. The molecule has 1 unspecified atom stereocenters. The number of hydrogen-bond acceptors (Lipinski definition) is 3. The summed E-state index contributed by atoms with van der Waals surface area (Å²) in [6.45, 7) is 12.1. The molecule has 2 aliphatic rings. The van der Waals surface area contributed by atoms with Crippen molar-refractivity contribution in [2.75, 3.05) is 26.2 Å². The standard InChI is InChI=1S/C14H28N2O2S/c1-12(11-14(2,3)4)15-7-9-16(10-8-15)19(17,18)13-5-6-13/h12-13H,5-11H2,1-4H3. The molecular formula is C14H28N2O2S. The number of hydrogen-bond donors (Lipinski definition) is 0. The lowest BCUT2D eigenvalue weighted by Gasteiger charge is -2.39. The van der Waals surface area contributed by atoms with Gasteiger partial charge in [-0.2, -0.15) is 4.31 Å². The largest absolute Gasteiger partial charge is 0.298 e. The summed E-state index contributed by atoms with van der Waals surface area (Å²) >= 11 is 0. The van der Waals surface area contributed by atoms with Gasteiger partial charge in [0.05, 0.1) is 5.25 Å². The highest BCUT2D eigenvalue weighted by Crippen LogP contribution is 2.32. The van der Waals surface area contributed by atoms with Crippen LogP contribution in [0.1, 0.15) is 47.0 Å². The summed E-state index contributed by atoms with van der Waals surface area (Å²) in [4.78, 5) is 2.43. The highest BCUT2D eigenvalue weighted by atomic mass is 32.2. The fraction of sp³-hybridized carbons (Fsp3) is 1.00. The normalized spacial score (nSPS) is 25.5. The maximum atomic E-state index is 12.2. The molecule has 0 spiro atoms. The zero-order chi connectivity index (χ0) is 14.3. The summed E-state index contributed by atoms with van der Waals surface area (Å²) in [5, 5.41) is -0.0638. The van der Waals surface area contributed by atoms with Crippen molar-refractivity contribution in [1.82, 2.24) is 9.21 Å². The SMILES string of the molecule is CC(CC(C)(C)C)N1CCN(S(=O)(=O)C2CC2)CC1. The molecule has 1 saturated heterocycles. The molecule has 1 aliphatic heterocycles. The molecule has 2 fully saturated rings. The molecule has 0 aromatic heterocycles. The van der Waals surface area contributed by atoms with E-state index in [9.17, 15) is 8.42 Å². The monoisotopic (exact) mass is 288 g/mol. The Labute approximate surface area is 118 Å². The number of rotatable bonds is 4. The van der Waals surface area contributed by atoms with Gasteiger partial charge in [0.25, 0.3) is 0 Å². The van der Waals surface area contributed by atoms with Gasteiger partial charge in [0.15, 0.2) is 0 Å². The summed E-state index contributed by atoms with van der Waals surface area (Å²) in [6, 6.07) is 0.533. The van der Waals surface area contributed by atoms with E-state index in [2.05, 4.69) is 32.6 Å². The molecular weight excluding hydrogens is 260 g/mol. The lowest BCUT2D eigenvalue weighted by atomic mass is 9.88. The minimum Gasteiger partial charge on any atom is -0.298 e. The lowest BCUT2D eigenvalue weighted by Crippen LogP contribution is -2.52. The van der Waals surface area contributed by atoms with E-state index in [1.54, 1.807) is 4.31 Å². The predicted molar refractivity (Wildman–Crippen MR) is 78.6 cm³/mol. The van der Waals surface area contributed by atoms with E-state index in [4.69, 9.17) is 0 Å². The molecule has 1 aliphatic carbocycles. The summed E-state index contributed by atoms with van der Waals surface area (Å²) in [5.74, 6) is 0. The Hall–Kier alpha value is -0.130. The maximum absolute atomic E-state index is 12.2. The molecule has 1 atom stereocenters. The summed E-state index contributed by atoms with van der Waals surface area (Å²) in [6.07, 6.45) is 2.88. The second kappa shape index (κ2) is 5.34. The van der Waals surface area contributed by atoms with Crippen molar-refractivity contribution < 1.29 is 8.42 Å². The topological polar surface area (TPSA) is 40.6 Å². The number of piperazine rings is 1. The molecule has 5 heteroatoms. The van der Waals surface area contributed by atoms with Crippen molar-refractivity contribution in [3.05, 3.63) is 0 Å². The van der Waals surface area contributed by atoms with Gasteiger partial charge in [0.2, 0.25) is 10.0 Å². The first-order valence-corrected chi connectivity index (χ1v) is 8.93. The van der Waals surface area contributed by atoms with E-state index in [1.165, 1.54) is 0 Å². The van der Waals surface area contributed by atoms with Crippen LogP contribution >= 0.6 is 0 Å². The van der Waals surface area contributed by atoms with E-state index in [1.807, 2.05) is 0 Å². The second-order valence-electron chi connectivity index (χ2n) is 7.29. The molecule has 0 N–H and O–H groups in total. The summed E-state index contributed by atoms with van der Waals surface area (Å²) < 4.78 is 26.0. The van der Waals surface area contributed by atoms with Gasteiger partial charge < -0.3 is 0 Å². The number of sulfonamides is 1. The fourth-order valence-electron chi connectivity index (χ4n) is 2.99. The second-order valence-corrected chi connectivity index (χ2v) is 9.51. The van der Waals surface area contributed by atoms with Crippen LogP contribution in [-0.2, 0) is 10.0 Å². The maximum Gasteiger partial charge on any atom is 0.217 e. The molecule has 1 heterocycles. The van der Waals surface area contributed by atoms with Gasteiger partial charge in [0.1, 0.15) is 0 Å². The molecule has 112 valence electrons. The quantitative estimate of drug-likeness (QED) is 0.793. The van der Waals surface area contributed by atoms with Crippen molar-refractivity contribution >= 4 is 10.0 Å². The van der Waals surface area contributed by atoms with Gasteiger partial charge in [-0.1, -0.05) is 20.8 Å². The zero-order valence-corrected chi connectivity index (χ0v) is 13.5. The minimum atomic E-state index is -2.97. The molecule has 2 rings (SSSR count). The van der Waals surface area contributed by atoms with Crippen LogP contribution < -0.4 is 0 Å². The number of nitrogens with zero attached hydrogens (tertiary/aromatic N) is 2. The van der Waals surface area contributed by atoms with Crippen molar-refractivity contribution in [3.8, 4) is 0 Å². The van der Waals surface area contributed by atoms with E-state index < -0.39 is 10.0 Å². The summed E-state index contributed by atoms with van der Waals surface area (Å²) in [7, 11) is -2.97. The molecule has 0 aromatic carbocycles. The van der Waals surface area contributed by atoms with E-state index in [0.717, 1.165) is 32.4 Å². The molecule has 19 heavy (non-hydrogen) atoms. The molecule has 0 amide bonds. The van der Waals surface area contributed by atoms with Crippen LogP contribution in [-0.4, -0.2) is 55.1 Å². The third-order valence-electron chi connectivity index (χ3n) is 4.11. The van der Waals surface area contributed by atoms with Crippen molar-refractivity contribution in [2.45, 2.75) is 58.2 Å². The van der Waals surface area contributed by atoms with E-state index in [0.29, 0.717) is 24.5 Å². The minimum absolute atomic E-state index is 0.0638.